The van der Waals surface area contributed by atoms with Gasteiger partial charge in [0.2, 0.25) is 5.91 Å². The highest BCUT2D eigenvalue weighted by Gasteiger charge is 2.21. The number of nitrogens with one attached hydrogen (secondary N) is 1. The van der Waals surface area contributed by atoms with Gasteiger partial charge in [-0.05, 0) is 64.3 Å². The van der Waals surface area contributed by atoms with Crippen LogP contribution in [-0.4, -0.2) is 26.8 Å². The molecule has 1 heterocycles. The van der Waals surface area contributed by atoms with Crippen LogP contribution >= 0.6 is 23.4 Å². The van der Waals surface area contributed by atoms with Crippen LogP contribution in [0.2, 0.25) is 5.02 Å². The zero-order chi connectivity index (χ0) is 22.5. The van der Waals surface area contributed by atoms with Crippen LogP contribution < -0.4 is 10.9 Å². The van der Waals surface area contributed by atoms with E-state index in [1.54, 1.807) is 22.8 Å². The molecule has 0 fully saturated rings. The largest absolute Gasteiger partial charge is 0.353 e. The quantitative estimate of drug-likeness (QED) is 0.370. The number of carbonyl (C=O) groups is 1. The second-order valence-corrected chi connectivity index (χ2v) is 9.76. The summed E-state index contributed by atoms with van der Waals surface area (Å²) in [5, 5.41) is 4.26. The fraction of sp³-hybridized carbons (Fsp3) is 0.375. The SMILES string of the molecule is CC(C)n1c(S[C@@H](C)C(=O)N[C@H](C)CCc2ccccc2)nc2cc(Cl)ccc2c1=O. The van der Waals surface area contributed by atoms with Crippen molar-refractivity contribution in [1.29, 1.82) is 0 Å². The molecule has 0 bridgehead atoms. The van der Waals surface area contributed by atoms with Gasteiger partial charge in [0, 0.05) is 17.1 Å². The molecule has 164 valence electrons. The van der Waals surface area contributed by atoms with Crippen molar-refractivity contribution in [2.75, 3.05) is 0 Å². The highest BCUT2D eigenvalue weighted by molar-refractivity contribution is 8.00. The first-order valence-corrected chi connectivity index (χ1v) is 11.7. The van der Waals surface area contributed by atoms with Crippen LogP contribution in [-0.2, 0) is 11.2 Å². The van der Waals surface area contributed by atoms with E-state index in [9.17, 15) is 9.59 Å². The highest BCUT2D eigenvalue weighted by Crippen LogP contribution is 2.26. The number of hydrogen-bond acceptors (Lipinski definition) is 4. The summed E-state index contributed by atoms with van der Waals surface area (Å²) in [6, 6.07) is 15.3. The third-order valence-corrected chi connectivity index (χ3v) is 6.40. The van der Waals surface area contributed by atoms with Gasteiger partial charge in [-0.2, -0.15) is 0 Å². The van der Waals surface area contributed by atoms with E-state index in [1.165, 1.54) is 17.3 Å². The van der Waals surface area contributed by atoms with E-state index in [0.717, 1.165) is 12.8 Å². The van der Waals surface area contributed by atoms with Gasteiger partial charge in [-0.15, -0.1) is 0 Å². The number of benzene rings is 2. The molecular formula is C24H28ClN3O2S. The van der Waals surface area contributed by atoms with Crippen molar-refractivity contribution in [2.24, 2.45) is 0 Å². The van der Waals surface area contributed by atoms with Crippen molar-refractivity contribution >= 4 is 40.2 Å². The first-order valence-electron chi connectivity index (χ1n) is 10.5. The van der Waals surface area contributed by atoms with Crippen LogP contribution in [0.1, 0.15) is 45.7 Å². The zero-order valence-corrected chi connectivity index (χ0v) is 19.8. The smallest absolute Gasteiger partial charge is 0.262 e. The van der Waals surface area contributed by atoms with Gasteiger partial charge in [0.1, 0.15) is 0 Å². The third kappa shape index (κ3) is 5.89. The monoisotopic (exact) mass is 457 g/mol. The van der Waals surface area contributed by atoms with Gasteiger partial charge in [-0.25, -0.2) is 4.98 Å². The minimum absolute atomic E-state index is 0.0476. The van der Waals surface area contributed by atoms with Crippen molar-refractivity contribution in [3.8, 4) is 0 Å². The second kappa shape index (κ2) is 10.3. The molecule has 0 saturated carbocycles. The number of halogens is 1. The summed E-state index contributed by atoms with van der Waals surface area (Å²) < 4.78 is 1.64. The molecule has 5 nitrogen and oxygen atoms in total. The minimum atomic E-state index is -0.396. The fourth-order valence-electron chi connectivity index (χ4n) is 3.36. The van der Waals surface area contributed by atoms with Gasteiger partial charge >= 0.3 is 0 Å². The van der Waals surface area contributed by atoms with Crippen molar-refractivity contribution in [2.45, 2.75) is 63.0 Å². The van der Waals surface area contributed by atoms with Crippen LogP contribution in [0.4, 0.5) is 0 Å². The van der Waals surface area contributed by atoms with E-state index < -0.39 is 5.25 Å². The Balaban J connectivity index is 1.72. The van der Waals surface area contributed by atoms with Gasteiger partial charge in [0.15, 0.2) is 5.16 Å². The average molecular weight is 458 g/mol. The minimum Gasteiger partial charge on any atom is -0.353 e. The Hall–Kier alpha value is -2.31. The van der Waals surface area contributed by atoms with Crippen LogP contribution in [0.3, 0.4) is 0 Å². The number of hydrogen-bond donors (Lipinski definition) is 1. The summed E-state index contributed by atoms with van der Waals surface area (Å²) in [7, 11) is 0. The lowest BCUT2D eigenvalue weighted by Crippen LogP contribution is -2.38. The summed E-state index contributed by atoms with van der Waals surface area (Å²) >= 11 is 7.39. The molecule has 1 aromatic heterocycles. The molecule has 0 aliphatic heterocycles. The number of thioether (sulfide) groups is 1. The fourth-order valence-corrected chi connectivity index (χ4v) is 4.58. The highest BCUT2D eigenvalue weighted by atomic mass is 35.5. The summed E-state index contributed by atoms with van der Waals surface area (Å²) in [6.07, 6.45) is 1.76. The van der Waals surface area contributed by atoms with E-state index in [2.05, 4.69) is 22.4 Å². The Bertz CT molecular complexity index is 1120. The zero-order valence-electron chi connectivity index (χ0n) is 18.3. The van der Waals surface area contributed by atoms with E-state index in [0.29, 0.717) is 21.1 Å². The molecule has 31 heavy (non-hydrogen) atoms. The number of aromatic nitrogens is 2. The van der Waals surface area contributed by atoms with Crippen LogP contribution in [0, 0.1) is 0 Å². The molecule has 1 N–H and O–H groups in total. The molecule has 0 aliphatic carbocycles. The molecule has 3 rings (SSSR count). The van der Waals surface area contributed by atoms with Gasteiger partial charge < -0.3 is 5.32 Å². The molecule has 0 radical (unpaired) electrons. The van der Waals surface area contributed by atoms with E-state index in [1.807, 2.05) is 45.9 Å². The van der Waals surface area contributed by atoms with Crippen molar-refractivity contribution < 1.29 is 4.79 Å². The van der Waals surface area contributed by atoms with Gasteiger partial charge in [-0.1, -0.05) is 53.7 Å². The molecule has 0 saturated heterocycles. The molecule has 0 spiro atoms. The summed E-state index contributed by atoms with van der Waals surface area (Å²) in [4.78, 5) is 30.5. The van der Waals surface area contributed by atoms with Crippen molar-refractivity contribution in [1.82, 2.24) is 14.9 Å². The molecule has 2 atom stereocenters. The van der Waals surface area contributed by atoms with Gasteiger partial charge in [-0.3, -0.25) is 14.2 Å². The number of carbonyl (C=O) groups excluding carboxylic acids is 1. The Labute approximate surface area is 192 Å². The van der Waals surface area contributed by atoms with E-state index in [-0.39, 0.29) is 23.6 Å². The second-order valence-electron chi connectivity index (χ2n) is 8.02. The Kier molecular flexibility index (Phi) is 7.79. The number of fused-ring (bicyclic) bond motifs is 1. The van der Waals surface area contributed by atoms with Crippen molar-refractivity contribution in [3.63, 3.8) is 0 Å². The molecule has 7 heteroatoms. The van der Waals surface area contributed by atoms with Gasteiger partial charge in [0.05, 0.1) is 16.2 Å². The lowest BCUT2D eigenvalue weighted by molar-refractivity contribution is -0.120. The van der Waals surface area contributed by atoms with Crippen molar-refractivity contribution in [3.05, 3.63) is 69.5 Å². The van der Waals surface area contributed by atoms with Gasteiger partial charge in [0.25, 0.3) is 5.56 Å². The maximum atomic E-state index is 13.0. The number of rotatable bonds is 8. The molecule has 0 unspecified atom stereocenters. The predicted molar refractivity (Wildman–Crippen MR) is 129 cm³/mol. The van der Waals surface area contributed by atoms with Crippen LogP contribution in [0.5, 0.6) is 0 Å². The summed E-state index contributed by atoms with van der Waals surface area (Å²) in [5.41, 5.74) is 1.68. The third-order valence-electron chi connectivity index (χ3n) is 5.10. The molecule has 3 aromatic rings. The normalized spacial score (nSPS) is 13.4. The Morgan fingerprint density at radius 1 is 1.13 bits per heavy atom. The molecular weight excluding hydrogens is 430 g/mol. The predicted octanol–water partition coefficient (Wildman–Crippen LogP) is 5.25. The average Bonchev–Trinajstić information content (AvgIpc) is 2.72. The Morgan fingerprint density at radius 3 is 2.52 bits per heavy atom. The number of amides is 1. The number of nitrogens with zero attached hydrogens (tertiary/aromatic N) is 2. The lowest BCUT2D eigenvalue weighted by Gasteiger charge is -2.20. The Morgan fingerprint density at radius 2 is 1.84 bits per heavy atom. The first-order chi connectivity index (χ1) is 14.8. The standard InChI is InChI=1S/C24H28ClN3O2S/c1-15(2)28-23(30)20-13-12-19(25)14-21(20)27-24(28)31-17(4)22(29)26-16(3)10-11-18-8-6-5-7-9-18/h5-9,12-17H,10-11H2,1-4H3,(H,26,29)/t16-,17+/m1/s1. The number of aryl methyl sites for hydroxylation is 1. The molecule has 2 aromatic carbocycles. The lowest BCUT2D eigenvalue weighted by atomic mass is 10.1. The summed E-state index contributed by atoms with van der Waals surface area (Å²) in [5.74, 6) is -0.0682. The maximum Gasteiger partial charge on any atom is 0.262 e. The summed E-state index contributed by atoms with van der Waals surface area (Å²) in [6.45, 7) is 7.72. The van der Waals surface area contributed by atoms with Crippen LogP contribution in [0.15, 0.2) is 58.5 Å². The van der Waals surface area contributed by atoms with E-state index >= 15 is 0 Å². The molecule has 0 aliphatic rings. The first kappa shape index (κ1) is 23.4. The molecule has 1 amide bonds. The van der Waals surface area contributed by atoms with E-state index in [4.69, 9.17) is 11.6 Å². The topological polar surface area (TPSA) is 64.0 Å². The maximum absolute atomic E-state index is 13.0. The van der Waals surface area contributed by atoms with Crippen LogP contribution in [0.25, 0.3) is 10.9 Å².